The Morgan fingerprint density at radius 3 is 2.90 bits per heavy atom. The summed E-state index contributed by atoms with van der Waals surface area (Å²) in [7, 11) is 1.86. The Morgan fingerprint density at radius 2 is 2.17 bits per heavy atom. The fraction of sp³-hybridized carbons (Fsp3) is 0.500. The van der Waals surface area contributed by atoms with Crippen LogP contribution in [0.25, 0.3) is 11.0 Å². The number of fused-ring (bicyclic) bond motifs is 1. The summed E-state index contributed by atoms with van der Waals surface area (Å²) in [5, 5.41) is 9.76. The number of pyridine rings is 1. The first-order chi connectivity index (χ1) is 14.0. The number of esters is 1. The van der Waals surface area contributed by atoms with Gasteiger partial charge in [-0.15, -0.1) is 0 Å². The lowest BCUT2D eigenvalue weighted by molar-refractivity contribution is 0.0272. The van der Waals surface area contributed by atoms with E-state index in [2.05, 4.69) is 20.1 Å². The Balaban J connectivity index is 1.72. The largest absolute Gasteiger partial charge is 0.462 e. The summed E-state index contributed by atoms with van der Waals surface area (Å²) in [6.07, 6.45) is 5.39. The van der Waals surface area contributed by atoms with Crippen molar-refractivity contribution in [2.24, 2.45) is 7.05 Å². The third-order valence-corrected chi connectivity index (χ3v) is 5.10. The van der Waals surface area contributed by atoms with Crippen LogP contribution >= 0.6 is 0 Å². The summed E-state index contributed by atoms with van der Waals surface area (Å²) in [6, 6.07) is 0. The molecule has 0 bridgehead atoms. The first-order valence-electron chi connectivity index (χ1n) is 9.83. The molecule has 1 aliphatic rings. The molecule has 1 atom stereocenters. The van der Waals surface area contributed by atoms with Crippen LogP contribution in [0.5, 0.6) is 0 Å². The van der Waals surface area contributed by atoms with Gasteiger partial charge in [0.2, 0.25) is 0 Å². The van der Waals surface area contributed by atoms with E-state index in [0.717, 1.165) is 28.0 Å². The van der Waals surface area contributed by atoms with Gasteiger partial charge in [-0.05, 0) is 26.3 Å². The molecule has 9 heteroatoms. The highest BCUT2D eigenvalue weighted by Gasteiger charge is 2.29. The molecule has 9 nitrogen and oxygen atoms in total. The molecule has 0 spiro atoms. The zero-order chi connectivity index (χ0) is 20.5. The Kier molecular flexibility index (Phi) is 5.23. The molecule has 0 aromatic carbocycles. The molecule has 3 aromatic heterocycles. The SMILES string of the molecule is CCOC(=O)c1cnc2c(c(C)nn2C)c1N1CCOC(Cn2cc(C)cn2)C1. The minimum absolute atomic E-state index is 0.0433. The van der Waals surface area contributed by atoms with Gasteiger partial charge in [0.15, 0.2) is 5.65 Å². The van der Waals surface area contributed by atoms with Crippen molar-refractivity contribution in [2.45, 2.75) is 33.4 Å². The average Bonchev–Trinajstić information content (AvgIpc) is 3.24. The average molecular weight is 398 g/mol. The maximum atomic E-state index is 12.7. The van der Waals surface area contributed by atoms with Gasteiger partial charge in [0.25, 0.3) is 0 Å². The van der Waals surface area contributed by atoms with Crippen LogP contribution in [0.1, 0.15) is 28.5 Å². The predicted molar refractivity (Wildman–Crippen MR) is 108 cm³/mol. The topological polar surface area (TPSA) is 87.3 Å². The second-order valence-electron chi connectivity index (χ2n) is 7.33. The Bertz CT molecular complexity index is 1040. The number of nitrogens with zero attached hydrogens (tertiary/aromatic N) is 6. The van der Waals surface area contributed by atoms with E-state index in [4.69, 9.17) is 9.47 Å². The number of aromatic nitrogens is 5. The summed E-state index contributed by atoms with van der Waals surface area (Å²) in [6.45, 7) is 8.60. The number of carbonyl (C=O) groups is 1. The van der Waals surface area contributed by atoms with Crippen LogP contribution in [0.15, 0.2) is 18.6 Å². The van der Waals surface area contributed by atoms with Crippen molar-refractivity contribution >= 4 is 22.7 Å². The molecule has 1 fully saturated rings. The van der Waals surface area contributed by atoms with Crippen molar-refractivity contribution in [1.82, 2.24) is 24.5 Å². The number of carbonyl (C=O) groups excluding carboxylic acids is 1. The Morgan fingerprint density at radius 1 is 1.34 bits per heavy atom. The number of hydrogen-bond acceptors (Lipinski definition) is 7. The van der Waals surface area contributed by atoms with Gasteiger partial charge < -0.3 is 14.4 Å². The molecule has 1 unspecified atom stereocenters. The van der Waals surface area contributed by atoms with Gasteiger partial charge in [-0.3, -0.25) is 9.36 Å². The van der Waals surface area contributed by atoms with Gasteiger partial charge in [-0.25, -0.2) is 9.78 Å². The molecule has 0 saturated carbocycles. The molecule has 1 saturated heterocycles. The molecular weight excluding hydrogens is 372 g/mol. The van der Waals surface area contributed by atoms with Crippen molar-refractivity contribution in [3.05, 3.63) is 35.4 Å². The first-order valence-corrected chi connectivity index (χ1v) is 9.83. The molecule has 154 valence electrons. The van der Waals surface area contributed by atoms with E-state index < -0.39 is 0 Å². The van der Waals surface area contributed by atoms with Gasteiger partial charge in [-0.1, -0.05) is 0 Å². The van der Waals surface area contributed by atoms with Crippen LogP contribution in [0.3, 0.4) is 0 Å². The summed E-state index contributed by atoms with van der Waals surface area (Å²) < 4.78 is 14.9. The molecule has 4 rings (SSSR count). The summed E-state index contributed by atoms with van der Waals surface area (Å²) >= 11 is 0. The zero-order valence-electron chi connectivity index (χ0n) is 17.3. The van der Waals surface area contributed by atoms with Crippen molar-refractivity contribution in [3.8, 4) is 0 Å². The fourth-order valence-corrected chi connectivity index (χ4v) is 3.89. The van der Waals surface area contributed by atoms with E-state index >= 15 is 0 Å². The van der Waals surface area contributed by atoms with E-state index in [0.29, 0.717) is 38.4 Å². The van der Waals surface area contributed by atoms with Crippen LogP contribution in [0.4, 0.5) is 5.69 Å². The van der Waals surface area contributed by atoms with Crippen molar-refractivity contribution in [2.75, 3.05) is 31.2 Å². The second-order valence-corrected chi connectivity index (χ2v) is 7.33. The van der Waals surface area contributed by atoms with Crippen molar-refractivity contribution in [1.29, 1.82) is 0 Å². The Hall–Kier alpha value is -2.94. The molecule has 29 heavy (non-hydrogen) atoms. The third kappa shape index (κ3) is 3.69. The fourth-order valence-electron chi connectivity index (χ4n) is 3.89. The van der Waals surface area contributed by atoms with Crippen LogP contribution < -0.4 is 4.90 Å². The quantitative estimate of drug-likeness (QED) is 0.606. The van der Waals surface area contributed by atoms with Crippen LogP contribution in [0, 0.1) is 13.8 Å². The highest BCUT2D eigenvalue weighted by Crippen LogP contribution is 2.33. The van der Waals surface area contributed by atoms with Gasteiger partial charge in [0, 0.05) is 32.5 Å². The number of hydrogen-bond donors (Lipinski definition) is 0. The number of ether oxygens (including phenoxy) is 2. The van der Waals surface area contributed by atoms with Gasteiger partial charge >= 0.3 is 5.97 Å². The normalized spacial score (nSPS) is 17.1. The van der Waals surface area contributed by atoms with E-state index in [1.165, 1.54) is 0 Å². The molecule has 1 aliphatic heterocycles. The zero-order valence-corrected chi connectivity index (χ0v) is 17.3. The standard InChI is InChI=1S/C20H26N6O3/c1-5-28-20(27)16-9-21-19-17(14(3)23-24(19)4)18(16)25-6-7-29-15(11-25)12-26-10-13(2)8-22-26/h8-10,15H,5-7,11-12H2,1-4H3. The first kappa shape index (κ1) is 19.4. The monoisotopic (exact) mass is 398 g/mol. The minimum atomic E-state index is -0.370. The van der Waals surface area contributed by atoms with Gasteiger partial charge in [-0.2, -0.15) is 10.2 Å². The van der Waals surface area contributed by atoms with Gasteiger partial charge in [0.1, 0.15) is 5.56 Å². The molecule has 0 amide bonds. The minimum Gasteiger partial charge on any atom is -0.462 e. The highest BCUT2D eigenvalue weighted by atomic mass is 16.5. The van der Waals surface area contributed by atoms with Crippen LogP contribution in [-0.2, 0) is 23.1 Å². The third-order valence-electron chi connectivity index (χ3n) is 5.10. The maximum absolute atomic E-state index is 12.7. The number of anilines is 1. The van der Waals surface area contributed by atoms with Crippen molar-refractivity contribution < 1.29 is 14.3 Å². The molecule has 0 N–H and O–H groups in total. The van der Waals surface area contributed by atoms with Gasteiger partial charge in [0.05, 0.1) is 48.8 Å². The smallest absolute Gasteiger partial charge is 0.341 e. The summed E-state index contributed by atoms with van der Waals surface area (Å²) in [5.74, 6) is -0.370. The molecule has 0 aliphatic carbocycles. The Labute approximate surface area is 169 Å². The van der Waals surface area contributed by atoms with Crippen LogP contribution in [0.2, 0.25) is 0 Å². The second kappa shape index (κ2) is 7.82. The van der Waals surface area contributed by atoms with E-state index in [1.807, 2.05) is 38.0 Å². The molecule has 3 aromatic rings. The summed E-state index contributed by atoms with van der Waals surface area (Å²) in [5.41, 5.74) is 3.98. The number of rotatable bonds is 5. The lowest BCUT2D eigenvalue weighted by atomic mass is 10.1. The molecule has 0 radical (unpaired) electrons. The van der Waals surface area contributed by atoms with Crippen molar-refractivity contribution in [3.63, 3.8) is 0 Å². The number of morpholine rings is 1. The van der Waals surface area contributed by atoms with E-state index in [9.17, 15) is 4.79 Å². The lowest BCUT2D eigenvalue weighted by Gasteiger charge is -2.35. The maximum Gasteiger partial charge on any atom is 0.341 e. The molecular formula is C20H26N6O3. The lowest BCUT2D eigenvalue weighted by Crippen LogP contribution is -2.45. The molecule has 4 heterocycles. The summed E-state index contributed by atoms with van der Waals surface area (Å²) in [4.78, 5) is 19.4. The van der Waals surface area contributed by atoms with E-state index in [1.54, 1.807) is 17.8 Å². The van der Waals surface area contributed by atoms with E-state index in [-0.39, 0.29) is 12.1 Å². The highest BCUT2D eigenvalue weighted by molar-refractivity contribution is 6.05. The van der Waals surface area contributed by atoms with Crippen LogP contribution in [-0.4, -0.2) is 62.9 Å². The predicted octanol–water partition coefficient (Wildman–Crippen LogP) is 1.86. The number of aryl methyl sites for hydroxylation is 3.